The zero-order valence-electron chi connectivity index (χ0n) is 16.0. The highest BCUT2D eigenvalue weighted by atomic mass is 16.6. The summed E-state index contributed by atoms with van der Waals surface area (Å²) in [5, 5.41) is 14.5. The lowest BCUT2D eigenvalue weighted by Gasteiger charge is -2.07. The summed E-state index contributed by atoms with van der Waals surface area (Å²) in [6.45, 7) is 2.87. The van der Waals surface area contributed by atoms with Crippen LogP contribution in [-0.2, 0) is 0 Å². The van der Waals surface area contributed by atoms with Gasteiger partial charge in [0.25, 0.3) is 11.6 Å². The van der Waals surface area contributed by atoms with Gasteiger partial charge in [-0.05, 0) is 48.4 Å². The minimum atomic E-state index is -0.470. The van der Waals surface area contributed by atoms with E-state index >= 15 is 0 Å². The lowest BCUT2D eigenvalue weighted by atomic mass is 10.2. The number of carbonyl (C=O) groups is 1. The minimum absolute atomic E-state index is 0.00412. The van der Waals surface area contributed by atoms with Crippen molar-refractivity contribution in [3.8, 4) is 5.75 Å². The van der Waals surface area contributed by atoms with Crippen molar-refractivity contribution in [3.05, 3.63) is 69.8 Å². The van der Waals surface area contributed by atoms with Crippen LogP contribution in [0.1, 0.15) is 54.9 Å². The normalized spacial score (nSPS) is 10.8. The van der Waals surface area contributed by atoms with Gasteiger partial charge in [-0.25, -0.2) is 5.43 Å². The molecule has 0 spiro atoms. The average Bonchev–Trinajstić information content (AvgIpc) is 2.71. The Kier molecular flexibility index (Phi) is 8.65. The Hall–Kier alpha value is -3.22. The number of hydrazone groups is 1. The quantitative estimate of drug-likeness (QED) is 0.263. The van der Waals surface area contributed by atoms with Crippen LogP contribution in [0.4, 0.5) is 5.69 Å². The monoisotopic (exact) mass is 383 g/mol. The number of unbranched alkanes of at least 4 members (excludes halogenated alkanes) is 4. The zero-order chi connectivity index (χ0) is 20.2. The molecule has 0 unspecified atom stereocenters. The number of nitro benzene ring substituents is 1. The van der Waals surface area contributed by atoms with Crippen LogP contribution in [0.5, 0.6) is 5.75 Å². The van der Waals surface area contributed by atoms with E-state index in [9.17, 15) is 14.9 Å². The Balaban J connectivity index is 1.76. The van der Waals surface area contributed by atoms with Gasteiger partial charge in [-0.3, -0.25) is 14.9 Å². The number of non-ortho nitro benzene ring substituents is 1. The number of nitrogens with one attached hydrogen (secondary N) is 1. The third-order valence-electron chi connectivity index (χ3n) is 4.12. The molecule has 0 atom stereocenters. The third-order valence-corrected chi connectivity index (χ3v) is 4.12. The number of carbonyl (C=O) groups excluding carboxylic acids is 1. The summed E-state index contributed by atoms with van der Waals surface area (Å²) < 4.78 is 5.68. The van der Waals surface area contributed by atoms with Crippen molar-refractivity contribution in [3.63, 3.8) is 0 Å². The number of hydrogen-bond acceptors (Lipinski definition) is 5. The highest BCUT2D eigenvalue weighted by Gasteiger charge is 2.05. The lowest BCUT2D eigenvalue weighted by molar-refractivity contribution is -0.384. The summed E-state index contributed by atoms with van der Waals surface area (Å²) in [6, 6.07) is 12.8. The van der Waals surface area contributed by atoms with Gasteiger partial charge in [-0.2, -0.15) is 5.10 Å². The maximum absolute atomic E-state index is 12.1. The number of rotatable bonds is 11. The lowest BCUT2D eigenvalue weighted by Crippen LogP contribution is -2.17. The van der Waals surface area contributed by atoms with E-state index in [2.05, 4.69) is 17.5 Å². The molecule has 0 radical (unpaired) electrons. The van der Waals surface area contributed by atoms with E-state index in [0.29, 0.717) is 17.7 Å². The van der Waals surface area contributed by atoms with Crippen LogP contribution < -0.4 is 10.2 Å². The van der Waals surface area contributed by atoms with Crippen LogP contribution in [0, 0.1) is 10.1 Å². The van der Waals surface area contributed by atoms with E-state index in [4.69, 9.17) is 4.74 Å². The van der Waals surface area contributed by atoms with Crippen molar-refractivity contribution < 1.29 is 14.5 Å². The van der Waals surface area contributed by atoms with Crippen molar-refractivity contribution in [2.24, 2.45) is 5.10 Å². The highest BCUT2D eigenvalue weighted by molar-refractivity contribution is 5.95. The van der Waals surface area contributed by atoms with Gasteiger partial charge in [-0.15, -0.1) is 0 Å². The van der Waals surface area contributed by atoms with Crippen LogP contribution in [0.2, 0.25) is 0 Å². The molecular formula is C21H25N3O4. The summed E-state index contributed by atoms with van der Waals surface area (Å²) in [5.41, 5.74) is 3.55. The van der Waals surface area contributed by atoms with E-state index in [1.54, 1.807) is 36.4 Å². The maximum Gasteiger partial charge on any atom is 0.271 e. The van der Waals surface area contributed by atoms with Crippen molar-refractivity contribution in [2.45, 2.75) is 39.0 Å². The van der Waals surface area contributed by atoms with Crippen LogP contribution in [0.25, 0.3) is 0 Å². The summed E-state index contributed by atoms with van der Waals surface area (Å²) in [6.07, 6.45) is 7.34. The molecule has 0 heterocycles. The van der Waals surface area contributed by atoms with Crippen molar-refractivity contribution >= 4 is 17.8 Å². The largest absolute Gasteiger partial charge is 0.494 e. The Labute approximate surface area is 164 Å². The topological polar surface area (TPSA) is 93.8 Å². The maximum atomic E-state index is 12.1. The van der Waals surface area contributed by atoms with E-state index in [-0.39, 0.29) is 11.6 Å². The molecule has 2 aromatic rings. The summed E-state index contributed by atoms with van der Waals surface area (Å²) in [4.78, 5) is 22.2. The van der Waals surface area contributed by atoms with E-state index in [0.717, 1.165) is 12.2 Å². The molecular weight excluding hydrogens is 358 g/mol. The molecule has 1 N–H and O–H groups in total. The SMILES string of the molecule is CCCCCCCOc1ccc(C(=O)N/N=C/c2ccc([N+](=O)[O-])cc2)cc1. The number of hydrogen-bond donors (Lipinski definition) is 1. The molecule has 7 heteroatoms. The van der Waals surface area contributed by atoms with Crippen molar-refractivity contribution in [1.29, 1.82) is 0 Å². The van der Waals surface area contributed by atoms with Crippen LogP contribution in [0.15, 0.2) is 53.6 Å². The predicted octanol–water partition coefficient (Wildman–Crippen LogP) is 4.71. The van der Waals surface area contributed by atoms with E-state index in [1.807, 2.05) is 0 Å². The first-order valence-corrected chi connectivity index (χ1v) is 9.41. The van der Waals surface area contributed by atoms with Crippen molar-refractivity contribution in [2.75, 3.05) is 6.61 Å². The number of benzene rings is 2. The molecule has 148 valence electrons. The predicted molar refractivity (Wildman–Crippen MR) is 109 cm³/mol. The fourth-order valence-electron chi connectivity index (χ4n) is 2.51. The molecule has 0 aliphatic heterocycles. The molecule has 0 aliphatic carbocycles. The second-order valence-electron chi connectivity index (χ2n) is 6.33. The fourth-order valence-corrected chi connectivity index (χ4v) is 2.51. The number of ether oxygens (including phenoxy) is 1. The molecule has 0 aliphatic rings. The molecule has 0 aromatic heterocycles. The fraction of sp³-hybridized carbons (Fsp3) is 0.333. The minimum Gasteiger partial charge on any atom is -0.494 e. The van der Waals surface area contributed by atoms with Gasteiger partial charge in [0.2, 0.25) is 0 Å². The third kappa shape index (κ3) is 7.19. The van der Waals surface area contributed by atoms with Gasteiger partial charge >= 0.3 is 0 Å². The molecule has 1 amide bonds. The van der Waals surface area contributed by atoms with Crippen LogP contribution in [0.3, 0.4) is 0 Å². The molecule has 28 heavy (non-hydrogen) atoms. The first kappa shape index (κ1) is 21.1. The standard InChI is InChI=1S/C21H25N3O4/c1-2-3-4-5-6-15-28-20-13-9-18(10-14-20)21(25)23-22-16-17-7-11-19(12-8-17)24(26)27/h7-14,16H,2-6,15H2,1H3,(H,23,25)/b22-16+. The second kappa shape index (κ2) is 11.5. The van der Waals surface area contributed by atoms with Crippen LogP contribution >= 0.6 is 0 Å². The van der Waals surface area contributed by atoms with Gasteiger partial charge in [0.1, 0.15) is 5.75 Å². The molecule has 2 rings (SSSR count). The molecule has 0 saturated carbocycles. The molecule has 2 aromatic carbocycles. The van der Waals surface area contributed by atoms with Gasteiger partial charge in [0.05, 0.1) is 17.7 Å². The molecule has 7 nitrogen and oxygen atoms in total. The number of nitrogens with zero attached hydrogens (tertiary/aromatic N) is 2. The number of nitro groups is 1. The van der Waals surface area contributed by atoms with Gasteiger partial charge in [0, 0.05) is 17.7 Å². The smallest absolute Gasteiger partial charge is 0.271 e. The van der Waals surface area contributed by atoms with Gasteiger partial charge in [0.15, 0.2) is 0 Å². The second-order valence-corrected chi connectivity index (χ2v) is 6.33. The zero-order valence-corrected chi connectivity index (χ0v) is 16.0. The van der Waals surface area contributed by atoms with Crippen LogP contribution in [-0.4, -0.2) is 23.7 Å². The molecule has 0 saturated heterocycles. The Morgan fingerprint density at radius 1 is 1.07 bits per heavy atom. The molecule has 0 fully saturated rings. The first-order valence-electron chi connectivity index (χ1n) is 9.41. The van der Waals surface area contributed by atoms with Gasteiger partial charge in [-0.1, -0.05) is 32.6 Å². The van der Waals surface area contributed by atoms with Gasteiger partial charge < -0.3 is 4.74 Å². The number of amides is 1. The average molecular weight is 383 g/mol. The molecule has 0 bridgehead atoms. The van der Waals surface area contributed by atoms with E-state index < -0.39 is 4.92 Å². The summed E-state index contributed by atoms with van der Waals surface area (Å²) in [5.74, 6) is 0.394. The van der Waals surface area contributed by atoms with Crippen molar-refractivity contribution in [1.82, 2.24) is 5.43 Å². The Morgan fingerprint density at radius 2 is 1.75 bits per heavy atom. The highest BCUT2D eigenvalue weighted by Crippen LogP contribution is 2.13. The Morgan fingerprint density at radius 3 is 2.39 bits per heavy atom. The van der Waals surface area contributed by atoms with E-state index in [1.165, 1.54) is 44.0 Å². The summed E-state index contributed by atoms with van der Waals surface area (Å²) >= 11 is 0. The first-order chi connectivity index (χ1) is 13.6. The summed E-state index contributed by atoms with van der Waals surface area (Å²) in [7, 11) is 0. The Bertz CT molecular complexity index is 786.